The summed E-state index contributed by atoms with van der Waals surface area (Å²) in [5, 5.41) is 11.2. The molecule has 0 radical (unpaired) electrons. The van der Waals surface area contributed by atoms with Gasteiger partial charge in [0.2, 0.25) is 0 Å². The first-order chi connectivity index (χ1) is 14.7. The number of nitrogens with zero attached hydrogens (tertiary/aromatic N) is 6. The summed E-state index contributed by atoms with van der Waals surface area (Å²) in [5.74, 6) is 0.646. The lowest BCUT2D eigenvalue weighted by molar-refractivity contribution is 0.0315. The van der Waals surface area contributed by atoms with Gasteiger partial charge >= 0.3 is 0 Å². The zero-order valence-electron chi connectivity index (χ0n) is 17.8. The molecule has 30 heavy (non-hydrogen) atoms. The number of rotatable bonds is 8. The highest BCUT2D eigenvalue weighted by atomic mass is 16.5. The first kappa shape index (κ1) is 20.9. The summed E-state index contributed by atoms with van der Waals surface area (Å²) in [6.45, 7) is 5.03. The molecule has 8 heteroatoms. The molecule has 8 nitrogen and oxygen atoms in total. The van der Waals surface area contributed by atoms with Crippen LogP contribution in [0.15, 0.2) is 30.6 Å². The molecule has 1 amide bonds. The van der Waals surface area contributed by atoms with E-state index in [1.807, 2.05) is 29.2 Å². The van der Waals surface area contributed by atoms with Gasteiger partial charge in [0.15, 0.2) is 0 Å². The average Bonchev–Trinajstić information content (AvgIpc) is 3.30. The van der Waals surface area contributed by atoms with Gasteiger partial charge in [0.1, 0.15) is 6.33 Å². The van der Waals surface area contributed by atoms with Crippen LogP contribution in [0.1, 0.15) is 48.0 Å². The lowest BCUT2D eigenvalue weighted by Crippen LogP contribution is -2.52. The van der Waals surface area contributed by atoms with Gasteiger partial charge in [-0.15, -0.1) is 5.10 Å². The number of hydrogen-bond donors (Lipinski definition) is 0. The van der Waals surface area contributed by atoms with Crippen LogP contribution in [0.25, 0.3) is 0 Å². The predicted octanol–water partition coefficient (Wildman–Crippen LogP) is 2.07. The lowest BCUT2D eigenvalue weighted by Gasteiger charge is -2.45. The number of methoxy groups -OCH3 is 1. The number of tetrazole rings is 1. The quantitative estimate of drug-likeness (QED) is 0.661. The number of amides is 1. The molecule has 2 fully saturated rings. The van der Waals surface area contributed by atoms with Gasteiger partial charge in [-0.1, -0.05) is 18.6 Å². The minimum Gasteiger partial charge on any atom is -0.383 e. The van der Waals surface area contributed by atoms with Crippen molar-refractivity contribution in [3.8, 4) is 0 Å². The molecule has 162 valence electrons. The number of fused-ring (bicyclic) bond motifs is 1. The molecule has 1 aromatic heterocycles. The molecular weight excluding hydrogens is 380 g/mol. The smallest absolute Gasteiger partial charge is 0.253 e. The number of aromatic nitrogens is 4. The van der Waals surface area contributed by atoms with E-state index < -0.39 is 0 Å². The Morgan fingerprint density at radius 2 is 2.00 bits per heavy atom. The van der Waals surface area contributed by atoms with Crippen LogP contribution in [-0.2, 0) is 11.3 Å². The summed E-state index contributed by atoms with van der Waals surface area (Å²) in [5.41, 5.74) is 1.79. The third kappa shape index (κ3) is 5.05. The van der Waals surface area contributed by atoms with Gasteiger partial charge in [0.25, 0.3) is 5.91 Å². The number of hydrogen-bond acceptors (Lipinski definition) is 6. The highest BCUT2D eigenvalue weighted by molar-refractivity contribution is 5.94. The molecule has 0 bridgehead atoms. The van der Waals surface area contributed by atoms with Crippen LogP contribution in [-0.4, -0.2) is 81.9 Å². The molecule has 3 heterocycles. The molecular formula is C22H32N6O2. The van der Waals surface area contributed by atoms with E-state index in [9.17, 15) is 4.79 Å². The van der Waals surface area contributed by atoms with Crippen molar-refractivity contribution in [1.82, 2.24) is 30.0 Å². The average molecular weight is 413 g/mol. The second-order valence-corrected chi connectivity index (χ2v) is 8.45. The first-order valence-electron chi connectivity index (χ1n) is 11.1. The Kier molecular flexibility index (Phi) is 7.07. The third-order valence-electron chi connectivity index (χ3n) is 6.47. The molecule has 2 aliphatic heterocycles. The van der Waals surface area contributed by atoms with Crippen molar-refractivity contribution in [1.29, 1.82) is 0 Å². The second kappa shape index (κ2) is 10.1. The number of ether oxygens (including phenoxy) is 1. The van der Waals surface area contributed by atoms with Crippen LogP contribution >= 0.6 is 0 Å². The minimum absolute atomic E-state index is 0.0916. The maximum atomic E-state index is 13.3. The van der Waals surface area contributed by atoms with E-state index in [4.69, 9.17) is 4.74 Å². The van der Waals surface area contributed by atoms with Crippen LogP contribution in [0.3, 0.4) is 0 Å². The Bertz CT molecular complexity index is 792. The fraction of sp³-hybridized carbons (Fsp3) is 0.636. The third-order valence-corrected chi connectivity index (χ3v) is 6.47. The van der Waals surface area contributed by atoms with Crippen molar-refractivity contribution >= 4 is 5.91 Å². The van der Waals surface area contributed by atoms with Crippen LogP contribution < -0.4 is 0 Å². The van der Waals surface area contributed by atoms with Crippen molar-refractivity contribution in [3.63, 3.8) is 0 Å². The molecule has 2 saturated heterocycles. The van der Waals surface area contributed by atoms with Crippen LogP contribution in [0.2, 0.25) is 0 Å². The molecule has 0 saturated carbocycles. The summed E-state index contributed by atoms with van der Waals surface area (Å²) in [6.07, 6.45) is 7.92. The van der Waals surface area contributed by atoms with E-state index in [2.05, 4.69) is 20.4 Å². The standard InChI is InChI=1S/C22H32N6O2/c1-30-14-13-27(16-20-5-4-12-26-11-3-2-6-21(20)26)22(29)19-9-7-18(8-10-19)15-28-17-23-24-25-28/h7-10,17,20-21H,2-6,11-16H2,1H3/t20-,21-/m1/s1. The van der Waals surface area contributed by atoms with Gasteiger partial charge in [-0.3, -0.25) is 4.79 Å². The highest BCUT2D eigenvalue weighted by Gasteiger charge is 2.34. The molecule has 1 aromatic carbocycles. The van der Waals surface area contributed by atoms with Crippen LogP contribution in [0, 0.1) is 5.92 Å². The van der Waals surface area contributed by atoms with E-state index in [0.29, 0.717) is 31.7 Å². The zero-order valence-corrected chi connectivity index (χ0v) is 17.8. The van der Waals surface area contributed by atoms with Crippen molar-refractivity contribution in [3.05, 3.63) is 41.7 Å². The molecule has 0 aliphatic carbocycles. The fourth-order valence-electron chi connectivity index (χ4n) is 4.93. The monoisotopic (exact) mass is 412 g/mol. The largest absolute Gasteiger partial charge is 0.383 e. The van der Waals surface area contributed by atoms with E-state index in [-0.39, 0.29) is 5.91 Å². The maximum Gasteiger partial charge on any atom is 0.253 e. The van der Waals surface area contributed by atoms with Crippen LogP contribution in [0.5, 0.6) is 0 Å². The van der Waals surface area contributed by atoms with Gasteiger partial charge in [-0.2, -0.15) is 0 Å². The topological polar surface area (TPSA) is 76.4 Å². The number of carbonyl (C=O) groups excluding carboxylic acids is 1. The SMILES string of the molecule is COCCN(C[C@H]1CCCN2CCCC[C@H]12)C(=O)c1ccc(Cn2cnnn2)cc1. The Morgan fingerprint density at radius 1 is 1.17 bits per heavy atom. The van der Waals surface area contributed by atoms with Gasteiger partial charge < -0.3 is 14.5 Å². The molecule has 0 unspecified atom stereocenters. The number of benzene rings is 1. The Hall–Kier alpha value is -2.32. The number of piperidine rings is 2. The molecule has 2 atom stereocenters. The van der Waals surface area contributed by atoms with Gasteiger partial charge in [-0.25, -0.2) is 4.68 Å². The normalized spacial score (nSPS) is 21.9. The summed E-state index contributed by atoms with van der Waals surface area (Å²) >= 11 is 0. The molecule has 0 spiro atoms. The number of carbonyl (C=O) groups is 1. The molecule has 4 rings (SSSR count). The zero-order chi connectivity index (χ0) is 20.8. The molecule has 2 aromatic rings. The Morgan fingerprint density at radius 3 is 2.77 bits per heavy atom. The first-order valence-corrected chi connectivity index (χ1v) is 11.1. The van der Waals surface area contributed by atoms with Crippen molar-refractivity contribution in [2.45, 2.75) is 44.7 Å². The summed E-state index contributed by atoms with van der Waals surface area (Å²) in [7, 11) is 1.69. The molecule has 2 aliphatic rings. The van der Waals surface area contributed by atoms with E-state index in [0.717, 1.165) is 17.7 Å². The summed E-state index contributed by atoms with van der Waals surface area (Å²) in [6, 6.07) is 8.41. The minimum atomic E-state index is 0.0916. The molecule has 0 N–H and O–H groups in total. The Balaban J connectivity index is 1.43. The highest BCUT2D eigenvalue weighted by Crippen LogP contribution is 2.31. The van der Waals surface area contributed by atoms with Gasteiger partial charge in [0.05, 0.1) is 13.2 Å². The Labute approximate surface area is 178 Å². The van der Waals surface area contributed by atoms with Gasteiger partial charge in [0, 0.05) is 31.8 Å². The van der Waals surface area contributed by atoms with E-state index >= 15 is 0 Å². The van der Waals surface area contributed by atoms with Crippen molar-refractivity contribution in [2.75, 3.05) is 39.9 Å². The lowest BCUT2D eigenvalue weighted by atomic mass is 9.83. The van der Waals surface area contributed by atoms with Crippen LogP contribution in [0.4, 0.5) is 0 Å². The summed E-state index contributed by atoms with van der Waals surface area (Å²) < 4.78 is 6.97. The predicted molar refractivity (Wildman–Crippen MR) is 113 cm³/mol. The maximum absolute atomic E-state index is 13.3. The van der Waals surface area contributed by atoms with Crippen molar-refractivity contribution < 1.29 is 9.53 Å². The second-order valence-electron chi connectivity index (χ2n) is 8.45. The van der Waals surface area contributed by atoms with Crippen molar-refractivity contribution in [2.24, 2.45) is 5.92 Å². The van der Waals surface area contributed by atoms with Gasteiger partial charge in [-0.05, 0) is 72.8 Å². The van der Waals surface area contributed by atoms with E-state index in [1.54, 1.807) is 18.1 Å². The van der Waals surface area contributed by atoms with E-state index in [1.165, 1.54) is 45.2 Å². The summed E-state index contributed by atoms with van der Waals surface area (Å²) in [4.78, 5) is 18.0. The fourth-order valence-corrected chi connectivity index (χ4v) is 4.93.